The van der Waals surface area contributed by atoms with Crippen molar-refractivity contribution in [3.05, 3.63) is 35.9 Å². The Morgan fingerprint density at radius 1 is 1.16 bits per heavy atom. The topological polar surface area (TPSA) is 40.5 Å². The number of hydrogen-bond donors (Lipinski definition) is 1. The number of aromatic hydroxyl groups is 1. The second-order valence-electron chi connectivity index (χ2n) is 7.67. The Morgan fingerprint density at radius 3 is 2.48 bits per heavy atom. The highest BCUT2D eigenvalue weighted by Crippen LogP contribution is 2.33. The van der Waals surface area contributed by atoms with Gasteiger partial charge in [0.15, 0.2) is 0 Å². The first-order valence-electron chi connectivity index (χ1n) is 9.94. The van der Waals surface area contributed by atoms with Crippen molar-refractivity contribution in [3.63, 3.8) is 0 Å². The molecule has 3 nitrogen and oxygen atoms in total. The second-order valence-corrected chi connectivity index (χ2v) is 7.67. The van der Waals surface area contributed by atoms with Gasteiger partial charge in [0.05, 0.1) is 0 Å². The van der Waals surface area contributed by atoms with Crippen LogP contribution in [0.1, 0.15) is 63.9 Å². The van der Waals surface area contributed by atoms with E-state index in [0.29, 0.717) is 11.7 Å². The molecule has 1 amide bonds. The molecule has 1 saturated carbocycles. The predicted octanol–water partition coefficient (Wildman–Crippen LogP) is 5.00. The zero-order valence-corrected chi connectivity index (χ0v) is 15.4. The predicted molar refractivity (Wildman–Crippen MR) is 102 cm³/mol. The smallest absolute Gasteiger partial charge is 0.225 e. The Kier molecular flexibility index (Phi) is 6.17. The normalized spacial score (nSPS) is 24.0. The third kappa shape index (κ3) is 4.65. The number of nitrogens with zero attached hydrogens (tertiary/aromatic N) is 1. The van der Waals surface area contributed by atoms with Crippen LogP contribution >= 0.6 is 0 Å². The highest BCUT2D eigenvalue weighted by Gasteiger charge is 2.29. The second kappa shape index (κ2) is 8.55. The summed E-state index contributed by atoms with van der Waals surface area (Å²) in [7, 11) is 0. The zero-order chi connectivity index (χ0) is 17.6. The van der Waals surface area contributed by atoms with Crippen LogP contribution in [-0.2, 0) is 4.79 Å². The van der Waals surface area contributed by atoms with Gasteiger partial charge in [-0.1, -0.05) is 44.4 Å². The molecule has 1 aliphatic carbocycles. The number of rotatable bonds is 5. The molecule has 0 saturated heterocycles. The summed E-state index contributed by atoms with van der Waals surface area (Å²) >= 11 is 0. The standard InChI is InChI=1S/C22H31NO2/c1-2-3-4-17-5-7-20(8-6-17)22(25)23-15-13-19(14-16-23)18-9-11-21(24)12-10-18/h9-13,17,20,24H,2-8,14-16H2,1H3. The van der Waals surface area contributed by atoms with Crippen molar-refractivity contribution in [1.82, 2.24) is 4.90 Å². The van der Waals surface area contributed by atoms with Gasteiger partial charge in [-0.3, -0.25) is 4.79 Å². The number of benzene rings is 1. The van der Waals surface area contributed by atoms with Gasteiger partial charge in [0.1, 0.15) is 5.75 Å². The van der Waals surface area contributed by atoms with Gasteiger partial charge in [0.25, 0.3) is 0 Å². The zero-order valence-electron chi connectivity index (χ0n) is 15.4. The monoisotopic (exact) mass is 341 g/mol. The van der Waals surface area contributed by atoms with E-state index in [1.807, 2.05) is 17.0 Å². The van der Waals surface area contributed by atoms with Crippen molar-refractivity contribution in [1.29, 1.82) is 0 Å². The number of phenols is 1. The van der Waals surface area contributed by atoms with Crippen molar-refractivity contribution < 1.29 is 9.90 Å². The lowest BCUT2D eigenvalue weighted by atomic mass is 9.79. The van der Waals surface area contributed by atoms with Crippen LogP contribution in [0, 0.1) is 11.8 Å². The summed E-state index contributed by atoms with van der Waals surface area (Å²) in [5.74, 6) is 1.77. The number of carbonyl (C=O) groups is 1. The summed E-state index contributed by atoms with van der Waals surface area (Å²) in [6.45, 7) is 3.80. The Labute approximate surface area is 151 Å². The van der Waals surface area contributed by atoms with E-state index in [-0.39, 0.29) is 5.92 Å². The number of phenolic OH excluding ortho intramolecular Hbond substituents is 1. The highest BCUT2D eigenvalue weighted by atomic mass is 16.3. The third-order valence-electron chi connectivity index (χ3n) is 5.92. The molecule has 0 radical (unpaired) electrons. The Bertz CT molecular complexity index is 597. The number of carbonyl (C=O) groups excluding carboxylic acids is 1. The van der Waals surface area contributed by atoms with E-state index < -0.39 is 0 Å². The fourth-order valence-corrected chi connectivity index (χ4v) is 4.26. The molecule has 1 aromatic rings. The van der Waals surface area contributed by atoms with Gasteiger partial charge in [0.2, 0.25) is 5.91 Å². The van der Waals surface area contributed by atoms with Gasteiger partial charge in [-0.2, -0.15) is 0 Å². The van der Waals surface area contributed by atoms with Crippen molar-refractivity contribution in [2.75, 3.05) is 13.1 Å². The van der Waals surface area contributed by atoms with E-state index in [1.54, 1.807) is 12.1 Å². The first-order valence-corrected chi connectivity index (χ1v) is 9.94. The van der Waals surface area contributed by atoms with E-state index in [2.05, 4.69) is 13.0 Å². The molecule has 0 spiro atoms. The van der Waals surface area contributed by atoms with E-state index in [0.717, 1.165) is 43.8 Å². The Hall–Kier alpha value is -1.77. The lowest BCUT2D eigenvalue weighted by Gasteiger charge is -2.33. The van der Waals surface area contributed by atoms with Crippen molar-refractivity contribution in [3.8, 4) is 5.75 Å². The molecule has 3 heteroatoms. The molecule has 1 fully saturated rings. The van der Waals surface area contributed by atoms with Crippen LogP contribution in [0.5, 0.6) is 5.75 Å². The summed E-state index contributed by atoms with van der Waals surface area (Å²) in [6.07, 6.45) is 11.7. The van der Waals surface area contributed by atoms with Crippen LogP contribution < -0.4 is 0 Å². The van der Waals surface area contributed by atoms with Gasteiger partial charge in [-0.25, -0.2) is 0 Å². The van der Waals surface area contributed by atoms with Gasteiger partial charge in [-0.15, -0.1) is 0 Å². The molecule has 0 aromatic heterocycles. The van der Waals surface area contributed by atoms with Gasteiger partial charge in [0, 0.05) is 19.0 Å². The van der Waals surface area contributed by atoms with Crippen LogP contribution in [0.4, 0.5) is 0 Å². The largest absolute Gasteiger partial charge is 0.508 e. The lowest BCUT2D eigenvalue weighted by Crippen LogP contribution is -2.40. The van der Waals surface area contributed by atoms with E-state index in [9.17, 15) is 9.90 Å². The molecule has 2 aliphatic rings. The maximum atomic E-state index is 12.8. The number of hydrogen-bond acceptors (Lipinski definition) is 2. The van der Waals surface area contributed by atoms with Crippen LogP contribution in [0.2, 0.25) is 0 Å². The average Bonchev–Trinajstić information content (AvgIpc) is 2.67. The molecule has 0 bridgehead atoms. The molecule has 0 atom stereocenters. The summed E-state index contributed by atoms with van der Waals surface area (Å²) in [6, 6.07) is 7.36. The SMILES string of the molecule is CCCCC1CCC(C(=O)N2CC=C(c3ccc(O)cc3)CC2)CC1. The molecule has 1 N–H and O–H groups in total. The summed E-state index contributed by atoms with van der Waals surface area (Å²) < 4.78 is 0. The van der Waals surface area contributed by atoms with Crippen LogP contribution in [0.3, 0.4) is 0 Å². The van der Waals surface area contributed by atoms with Crippen LogP contribution in [-0.4, -0.2) is 29.0 Å². The minimum atomic E-state index is 0.251. The average molecular weight is 341 g/mol. The maximum Gasteiger partial charge on any atom is 0.225 e. The number of amides is 1. The highest BCUT2D eigenvalue weighted by molar-refractivity contribution is 5.80. The van der Waals surface area contributed by atoms with E-state index >= 15 is 0 Å². The molecule has 3 rings (SSSR count). The van der Waals surface area contributed by atoms with Crippen molar-refractivity contribution in [2.45, 2.75) is 58.3 Å². The molecule has 1 aromatic carbocycles. The van der Waals surface area contributed by atoms with E-state index in [4.69, 9.17) is 0 Å². The van der Waals surface area contributed by atoms with Gasteiger partial charge >= 0.3 is 0 Å². The minimum absolute atomic E-state index is 0.251. The van der Waals surface area contributed by atoms with E-state index in [1.165, 1.54) is 37.7 Å². The summed E-state index contributed by atoms with van der Waals surface area (Å²) in [5.41, 5.74) is 2.44. The van der Waals surface area contributed by atoms with Crippen LogP contribution in [0.25, 0.3) is 5.57 Å². The fourth-order valence-electron chi connectivity index (χ4n) is 4.26. The molecular weight excluding hydrogens is 310 g/mol. The molecule has 1 aliphatic heterocycles. The first kappa shape index (κ1) is 18.0. The molecule has 25 heavy (non-hydrogen) atoms. The fraction of sp³-hybridized carbons (Fsp3) is 0.591. The summed E-state index contributed by atoms with van der Waals surface area (Å²) in [4.78, 5) is 14.9. The van der Waals surface area contributed by atoms with Crippen molar-refractivity contribution in [2.24, 2.45) is 11.8 Å². The Balaban J connectivity index is 1.51. The quantitative estimate of drug-likeness (QED) is 0.818. The molecular formula is C22H31NO2. The van der Waals surface area contributed by atoms with Gasteiger partial charge in [-0.05, 0) is 61.3 Å². The molecule has 1 heterocycles. The van der Waals surface area contributed by atoms with Crippen molar-refractivity contribution >= 4 is 11.5 Å². The maximum absolute atomic E-state index is 12.8. The summed E-state index contributed by atoms with van der Waals surface area (Å²) in [5, 5.41) is 9.41. The number of unbranched alkanes of at least 4 members (excludes halogenated alkanes) is 1. The van der Waals surface area contributed by atoms with Gasteiger partial charge < -0.3 is 10.0 Å². The molecule has 136 valence electrons. The minimum Gasteiger partial charge on any atom is -0.508 e. The Morgan fingerprint density at radius 2 is 1.88 bits per heavy atom. The lowest BCUT2D eigenvalue weighted by molar-refractivity contribution is -0.136. The van der Waals surface area contributed by atoms with Crippen LogP contribution in [0.15, 0.2) is 30.3 Å². The molecule has 0 unspecified atom stereocenters. The first-order chi connectivity index (χ1) is 12.2. The third-order valence-corrected chi connectivity index (χ3v) is 5.92.